The molecule has 0 saturated heterocycles. The first kappa shape index (κ1) is 13.8. The number of aliphatic imine (C=N–C) groups is 1. The molecule has 1 heterocycles. The Morgan fingerprint density at radius 1 is 1.19 bits per heavy atom. The summed E-state index contributed by atoms with van der Waals surface area (Å²) in [6, 6.07) is 15.7. The molecule has 0 saturated carbocycles. The number of anilines is 1. The molecule has 0 radical (unpaired) electrons. The Morgan fingerprint density at radius 2 is 1.95 bits per heavy atom. The Morgan fingerprint density at radius 3 is 2.71 bits per heavy atom. The molecule has 0 unspecified atom stereocenters. The van der Waals surface area contributed by atoms with Gasteiger partial charge in [0.2, 0.25) is 5.91 Å². The Labute approximate surface area is 128 Å². The van der Waals surface area contributed by atoms with Crippen LogP contribution in [0.5, 0.6) is 0 Å². The molecule has 1 aliphatic heterocycles. The number of benzodiazepines with no additional fused rings is 1. The number of halogens is 1. The highest BCUT2D eigenvalue weighted by Crippen LogP contribution is 2.27. The van der Waals surface area contributed by atoms with Gasteiger partial charge in [-0.2, -0.15) is 0 Å². The number of rotatable bonds is 2. The minimum absolute atomic E-state index is 0.0124. The van der Waals surface area contributed by atoms with E-state index in [4.69, 9.17) is 11.6 Å². The lowest BCUT2D eigenvalue weighted by Gasteiger charge is -2.18. The van der Waals surface area contributed by atoms with Gasteiger partial charge in [0.05, 0.1) is 5.69 Å². The maximum atomic E-state index is 12.0. The number of nitrogens with zero attached hydrogens (tertiary/aromatic N) is 2. The zero-order chi connectivity index (χ0) is 14.8. The van der Waals surface area contributed by atoms with Crippen LogP contribution in [0.15, 0.2) is 53.5 Å². The van der Waals surface area contributed by atoms with Crippen molar-refractivity contribution in [2.45, 2.75) is 6.42 Å². The quantitative estimate of drug-likeness (QED) is 0.837. The van der Waals surface area contributed by atoms with E-state index < -0.39 is 0 Å². The van der Waals surface area contributed by atoms with Crippen molar-refractivity contribution in [1.29, 1.82) is 0 Å². The molecular formula is C17H15ClN2O. The number of benzene rings is 2. The highest BCUT2D eigenvalue weighted by Gasteiger charge is 2.21. The number of hydrogen-bond donors (Lipinski definition) is 0. The van der Waals surface area contributed by atoms with Crippen molar-refractivity contribution in [2.24, 2.45) is 4.99 Å². The first-order valence-electron chi connectivity index (χ1n) is 6.79. The first-order valence-corrected chi connectivity index (χ1v) is 7.16. The van der Waals surface area contributed by atoms with Gasteiger partial charge in [0.25, 0.3) is 0 Å². The van der Waals surface area contributed by atoms with Crippen molar-refractivity contribution in [3.8, 4) is 0 Å². The summed E-state index contributed by atoms with van der Waals surface area (Å²) in [5.41, 5.74) is 3.85. The van der Waals surface area contributed by atoms with E-state index >= 15 is 0 Å². The van der Waals surface area contributed by atoms with Gasteiger partial charge in [-0.1, -0.05) is 41.9 Å². The van der Waals surface area contributed by atoms with Crippen LogP contribution in [0.1, 0.15) is 11.1 Å². The van der Waals surface area contributed by atoms with Gasteiger partial charge in [-0.15, -0.1) is 0 Å². The highest BCUT2D eigenvalue weighted by molar-refractivity contribution is 6.31. The SMILES string of the molecule is CN1C(=O)CN=C(Cc2ccccc2)c2cc(Cl)ccc21. The fraction of sp³-hybridized carbons (Fsp3) is 0.176. The molecule has 0 spiro atoms. The second kappa shape index (κ2) is 5.70. The van der Waals surface area contributed by atoms with E-state index in [1.54, 1.807) is 18.0 Å². The molecule has 1 amide bonds. The van der Waals surface area contributed by atoms with Crippen LogP contribution in [0.25, 0.3) is 0 Å². The second-order valence-electron chi connectivity index (χ2n) is 5.04. The van der Waals surface area contributed by atoms with Gasteiger partial charge in [-0.05, 0) is 23.8 Å². The number of likely N-dealkylation sites (N-methyl/N-ethyl adjacent to an activating group) is 1. The van der Waals surface area contributed by atoms with Gasteiger partial charge in [0.15, 0.2) is 0 Å². The molecule has 3 nitrogen and oxygen atoms in total. The van der Waals surface area contributed by atoms with Crippen molar-refractivity contribution < 1.29 is 4.79 Å². The molecule has 0 aromatic heterocycles. The average Bonchev–Trinajstić information content (AvgIpc) is 2.61. The first-order chi connectivity index (χ1) is 10.1. The summed E-state index contributed by atoms with van der Waals surface area (Å²) >= 11 is 6.12. The third-order valence-electron chi connectivity index (χ3n) is 3.62. The Kier molecular flexibility index (Phi) is 3.76. The van der Waals surface area contributed by atoms with E-state index in [1.807, 2.05) is 30.3 Å². The third-order valence-corrected chi connectivity index (χ3v) is 3.86. The predicted molar refractivity (Wildman–Crippen MR) is 86.4 cm³/mol. The molecule has 0 atom stereocenters. The summed E-state index contributed by atoms with van der Waals surface area (Å²) in [5.74, 6) is -0.0124. The van der Waals surface area contributed by atoms with Crippen molar-refractivity contribution >= 4 is 28.9 Å². The number of carbonyl (C=O) groups excluding carboxylic acids is 1. The molecule has 0 bridgehead atoms. The molecule has 21 heavy (non-hydrogen) atoms. The van der Waals surface area contributed by atoms with Gasteiger partial charge < -0.3 is 4.90 Å². The van der Waals surface area contributed by atoms with Gasteiger partial charge in [-0.3, -0.25) is 9.79 Å². The lowest BCUT2D eigenvalue weighted by Crippen LogP contribution is -2.27. The molecule has 0 N–H and O–H groups in total. The maximum absolute atomic E-state index is 12.0. The zero-order valence-corrected chi connectivity index (χ0v) is 12.5. The Balaban J connectivity index is 2.06. The smallest absolute Gasteiger partial charge is 0.248 e. The average molecular weight is 299 g/mol. The van der Waals surface area contributed by atoms with E-state index in [2.05, 4.69) is 17.1 Å². The highest BCUT2D eigenvalue weighted by atomic mass is 35.5. The van der Waals surface area contributed by atoms with Crippen LogP contribution in [0.2, 0.25) is 5.02 Å². The lowest BCUT2D eigenvalue weighted by atomic mass is 10.0. The molecule has 3 rings (SSSR count). The molecule has 0 fully saturated rings. The van der Waals surface area contributed by atoms with Crippen molar-refractivity contribution in [3.05, 3.63) is 64.7 Å². The van der Waals surface area contributed by atoms with Crippen molar-refractivity contribution in [2.75, 3.05) is 18.5 Å². The van der Waals surface area contributed by atoms with E-state index in [0.29, 0.717) is 11.4 Å². The van der Waals surface area contributed by atoms with E-state index in [0.717, 1.165) is 17.0 Å². The third kappa shape index (κ3) is 2.83. The minimum Gasteiger partial charge on any atom is -0.313 e. The zero-order valence-electron chi connectivity index (χ0n) is 11.7. The number of fused-ring (bicyclic) bond motifs is 1. The molecule has 4 heteroatoms. The van der Waals surface area contributed by atoms with Crippen LogP contribution < -0.4 is 4.90 Å². The van der Waals surface area contributed by atoms with E-state index in [9.17, 15) is 4.79 Å². The topological polar surface area (TPSA) is 32.7 Å². The monoisotopic (exact) mass is 298 g/mol. The van der Waals surface area contributed by atoms with Crippen LogP contribution in [-0.2, 0) is 11.2 Å². The van der Waals surface area contributed by atoms with E-state index in [-0.39, 0.29) is 12.5 Å². The largest absolute Gasteiger partial charge is 0.313 e. The fourth-order valence-electron chi connectivity index (χ4n) is 2.46. The molecule has 2 aromatic carbocycles. The fourth-order valence-corrected chi connectivity index (χ4v) is 2.63. The molecular weight excluding hydrogens is 284 g/mol. The predicted octanol–water partition coefficient (Wildman–Crippen LogP) is 3.35. The van der Waals surface area contributed by atoms with Gasteiger partial charge in [0, 0.05) is 29.8 Å². The molecule has 106 valence electrons. The normalized spacial score (nSPS) is 14.5. The lowest BCUT2D eigenvalue weighted by molar-refractivity contribution is -0.116. The van der Waals surface area contributed by atoms with Crippen LogP contribution in [-0.4, -0.2) is 25.2 Å². The van der Waals surface area contributed by atoms with Gasteiger partial charge in [-0.25, -0.2) is 0 Å². The number of carbonyl (C=O) groups is 1. The summed E-state index contributed by atoms with van der Waals surface area (Å²) in [4.78, 5) is 18.2. The summed E-state index contributed by atoms with van der Waals surface area (Å²) in [5, 5.41) is 0.650. The minimum atomic E-state index is -0.0124. The Hall–Kier alpha value is -2.13. The molecule has 2 aromatic rings. The van der Waals surface area contributed by atoms with Crippen LogP contribution in [0.3, 0.4) is 0 Å². The summed E-state index contributed by atoms with van der Waals surface area (Å²) in [7, 11) is 1.77. The number of amides is 1. The van der Waals surface area contributed by atoms with Crippen LogP contribution in [0, 0.1) is 0 Å². The van der Waals surface area contributed by atoms with Gasteiger partial charge in [0.1, 0.15) is 6.54 Å². The van der Waals surface area contributed by atoms with Crippen molar-refractivity contribution in [3.63, 3.8) is 0 Å². The van der Waals surface area contributed by atoms with Crippen LogP contribution >= 0.6 is 11.6 Å². The molecule has 0 aliphatic carbocycles. The van der Waals surface area contributed by atoms with Gasteiger partial charge >= 0.3 is 0 Å². The summed E-state index contributed by atoms with van der Waals surface area (Å²) in [6.07, 6.45) is 0.690. The van der Waals surface area contributed by atoms with Crippen molar-refractivity contribution in [1.82, 2.24) is 0 Å². The summed E-state index contributed by atoms with van der Waals surface area (Å²) in [6.45, 7) is 0.172. The van der Waals surface area contributed by atoms with E-state index in [1.165, 1.54) is 5.56 Å². The standard InChI is InChI=1S/C17H15ClN2O/c1-20-16-8-7-13(18)10-14(16)15(19-11-17(20)21)9-12-5-3-2-4-6-12/h2-8,10H,9,11H2,1H3. The Bertz CT molecular complexity index is 710. The summed E-state index contributed by atoms with van der Waals surface area (Å²) < 4.78 is 0. The second-order valence-corrected chi connectivity index (χ2v) is 5.48. The van der Waals surface area contributed by atoms with Crippen LogP contribution in [0.4, 0.5) is 5.69 Å². The molecule has 1 aliphatic rings. The number of hydrogen-bond acceptors (Lipinski definition) is 2. The maximum Gasteiger partial charge on any atom is 0.248 e.